The van der Waals surface area contributed by atoms with Crippen LogP contribution in [0.25, 0.3) is 10.9 Å². The third kappa shape index (κ3) is 4.88. The molecule has 0 saturated carbocycles. The van der Waals surface area contributed by atoms with E-state index >= 15 is 0 Å². The summed E-state index contributed by atoms with van der Waals surface area (Å²) in [7, 11) is 4.29. The van der Waals surface area contributed by atoms with Crippen molar-refractivity contribution in [3.05, 3.63) is 98.3 Å². The standard InChI is InChI=1S/C28H24ClNO7/c1-30-22-13-18(36-2)9-6-16(22)12-21(28(30)35)20(14-24(32)37-3)25-23(31)11-10-19(27(25)34)26(33)15-4-7-17(29)8-5-15/h4-13,20,31,34H,14H2,1-3H3. The van der Waals surface area contributed by atoms with E-state index in [4.69, 9.17) is 21.1 Å². The Morgan fingerprint density at radius 1 is 1.00 bits per heavy atom. The Morgan fingerprint density at radius 2 is 1.70 bits per heavy atom. The van der Waals surface area contributed by atoms with Crippen LogP contribution in [0.4, 0.5) is 0 Å². The summed E-state index contributed by atoms with van der Waals surface area (Å²) >= 11 is 5.92. The number of hydrogen-bond acceptors (Lipinski definition) is 7. The van der Waals surface area contributed by atoms with Crippen LogP contribution in [0.1, 0.15) is 39.4 Å². The molecule has 0 radical (unpaired) electrons. The van der Waals surface area contributed by atoms with E-state index in [1.807, 2.05) is 0 Å². The van der Waals surface area contributed by atoms with Gasteiger partial charge in [0.1, 0.15) is 17.2 Å². The number of ketones is 1. The van der Waals surface area contributed by atoms with Gasteiger partial charge in [-0.25, -0.2) is 0 Å². The summed E-state index contributed by atoms with van der Waals surface area (Å²) in [4.78, 5) is 39.1. The predicted octanol–water partition coefficient (Wildman–Crippen LogP) is 4.54. The summed E-state index contributed by atoms with van der Waals surface area (Å²) in [5.41, 5.74) is 0.291. The number of rotatable bonds is 7. The lowest BCUT2D eigenvalue weighted by atomic mass is 9.85. The zero-order valence-corrected chi connectivity index (χ0v) is 21.1. The van der Waals surface area contributed by atoms with E-state index in [2.05, 4.69) is 0 Å². The minimum absolute atomic E-state index is 0.104. The molecule has 0 aliphatic heterocycles. The number of phenolic OH excluding ortho intramolecular Hbond substituents is 2. The van der Waals surface area contributed by atoms with Gasteiger partial charge >= 0.3 is 5.97 Å². The van der Waals surface area contributed by atoms with Crippen LogP contribution in [-0.4, -0.2) is 40.8 Å². The molecule has 0 spiro atoms. The molecule has 190 valence electrons. The second kappa shape index (κ2) is 10.4. The van der Waals surface area contributed by atoms with Crippen LogP contribution in [0, 0.1) is 0 Å². The number of methoxy groups -OCH3 is 2. The van der Waals surface area contributed by atoms with Gasteiger partial charge < -0.3 is 24.3 Å². The lowest BCUT2D eigenvalue weighted by Gasteiger charge is -2.21. The average molecular weight is 522 g/mol. The maximum Gasteiger partial charge on any atom is 0.306 e. The van der Waals surface area contributed by atoms with E-state index in [0.29, 0.717) is 21.7 Å². The third-order valence-electron chi connectivity index (χ3n) is 6.33. The quantitative estimate of drug-likeness (QED) is 0.271. The van der Waals surface area contributed by atoms with Crippen molar-refractivity contribution in [2.45, 2.75) is 12.3 Å². The largest absolute Gasteiger partial charge is 0.508 e. The molecular weight excluding hydrogens is 498 g/mol. The fourth-order valence-corrected chi connectivity index (χ4v) is 4.47. The highest BCUT2D eigenvalue weighted by atomic mass is 35.5. The first kappa shape index (κ1) is 25.8. The molecule has 0 saturated heterocycles. The third-order valence-corrected chi connectivity index (χ3v) is 6.58. The number of carbonyl (C=O) groups is 2. The molecule has 1 heterocycles. The minimum Gasteiger partial charge on any atom is -0.508 e. The molecular formula is C28H24ClNO7. The maximum atomic E-state index is 13.5. The number of aromatic hydroxyl groups is 2. The topological polar surface area (TPSA) is 115 Å². The van der Waals surface area contributed by atoms with Crippen molar-refractivity contribution >= 4 is 34.3 Å². The number of fused-ring (bicyclic) bond motifs is 1. The second-order valence-corrected chi connectivity index (χ2v) is 8.89. The molecule has 4 rings (SSSR count). The Hall–Kier alpha value is -4.30. The molecule has 2 N–H and O–H groups in total. The van der Waals surface area contributed by atoms with Crippen LogP contribution in [0.5, 0.6) is 17.2 Å². The number of hydrogen-bond donors (Lipinski definition) is 2. The number of halogens is 1. The first-order chi connectivity index (χ1) is 17.7. The van der Waals surface area contributed by atoms with E-state index in [1.165, 1.54) is 43.1 Å². The Labute approximate surface area is 217 Å². The Kier molecular flexibility index (Phi) is 7.22. The normalized spacial score (nSPS) is 11.8. The van der Waals surface area contributed by atoms with Gasteiger partial charge in [-0.3, -0.25) is 14.4 Å². The lowest BCUT2D eigenvalue weighted by Crippen LogP contribution is -2.25. The molecule has 3 aromatic carbocycles. The zero-order valence-electron chi connectivity index (χ0n) is 20.3. The molecule has 0 fully saturated rings. The average Bonchev–Trinajstić information content (AvgIpc) is 2.90. The fraction of sp³-hybridized carbons (Fsp3) is 0.179. The van der Waals surface area contributed by atoms with Gasteiger partial charge in [-0.05, 0) is 60.0 Å². The van der Waals surface area contributed by atoms with E-state index in [1.54, 1.807) is 43.4 Å². The minimum atomic E-state index is -1.12. The van der Waals surface area contributed by atoms with E-state index < -0.39 is 29.0 Å². The van der Waals surface area contributed by atoms with E-state index in [-0.39, 0.29) is 34.4 Å². The maximum absolute atomic E-state index is 13.5. The molecule has 8 nitrogen and oxygen atoms in total. The monoisotopic (exact) mass is 521 g/mol. The van der Waals surface area contributed by atoms with Gasteiger partial charge in [0.25, 0.3) is 5.56 Å². The number of carbonyl (C=O) groups excluding carboxylic acids is 2. The molecule has 0 bridgehead atoms. The summed E-state index contributed by atoms with van der Waals surface area (Å²) < 4.78 is 11.5. The summed E-state index contributed by atoms with van der Waals surface area (Å²) in [6, 6.07) is 15.4. The van der Waals surface area contributed by atoms with E-state index in [0.717, 1.165) is 0 Å². The molecule has 1 unspecified atom stereocenters. The van der Waals surface area contributed by atoms with Crippen molar-refractivity contribution in [2.75, 3.05) is 14.2 Å². The Balaban J connectivity index is 1.94. The van der Waals surface area contributed by atoms with Gasteiger partial charge in [0, 0.05) is 40.7 Å². The SMILES string of the molecule is COC(=O)CC(c1c(O)ccc(C(=O)c2ccc(Cl)cc2)c1O)c1cc2ccc(OC)cc2n(C)c1=O. The smallest absolute Gasteiger partial charge is 0.306 e. The predicted molar refractivity (Wildman–Crippen MR) is 139 cm³/mol. The van der Waals surface area contributed by atoms with Gasteiger partial charge in [0.2, 0.25) is 0 Å². The lowest BCUT2D eigenvalue weighted by molar-refractivity contribution is -0.140. The number of benzene rings is 3. The molecule has 0 aliphatic rings. The van der Waals surface area contributed by atoms with Gasteiger partial charge in [-0.15, -0.1) is 0 Å². The van der Waals surface area contributed by atoms with Crippen LogP contribution in [-0.2, 0) is 16.6 Å². The van der Waals surface area contributed by atoms with Gasteiger partial charge in [-0.1, -0.05) is 11.6 Å². The fourth-order valence-electron chi connectivity index (χ4n) is 4.34. The summed E-state index contributed by atoms with van der Waals surface area (Å²) in [6.45, 7) is 0. The number of esters is 1. The number of aromatic nitrogens is 1. The second-order valence-electron chi connectivity index (χ2n) is 8.45. The number of phenols is 2. The molecule has 1 aromatic heterocycles. The van der Waals surface area contributed by atoms with Gasteiger partial charge in [0.15, 0.2) is 5.78 Å². The highest BCUT2D eigenvalue weighted by Crippen LogP contribution is 2.42. The Bertz CT molecular complexity index is 1570. The van der Waals surface area contributed by atoms with Crippen LogP contribution >= 0.6 is 11.6 Å². The van der Waals surface area contributed by atoms with Gasteiger partial charge in [-0.2, -0.15) is 0 Å². The highest BCUT2D eigenvalue weighted by molar-refractivity contribution is 6.30. The van der Waals surface area contributed by atoms with Crippen LogP contribution < -0.4 is 10.3 Å². The Morgan fingerprint density at radius 3 is 2.35 bits per heavy atom. The van der Waals surface area contributed by atoms with Crippen molar-refractivity contribution in [3.8, 4) is 17.2 Å². The van der Waals surface area contributed by atoms with Crippen molar-refractivity contribution in [3.63, 3.8) is 0 Å². The molecule has 9 heteroatoms. The van der Waals surface area contributed by atoms with Gasteiger partial charge in [0.05, 0.1) is 31.7 Å². The first-order valence-corrected chi connectivity index (χ1v) is 11.6. The van der Waals surface area contributed by atoms with Crippen molar-refractivity contribution in [1.29, 1.82) is 0 Å². The molecule has 0 aliphatic carbocycles. The molecule has 1 atom stereocenters. The van der Waals surface area contributed by atoms with Crippen LogP contribution in [0.2, 0.25) is 5.02 Å². The molecule has 0 amide bonds. The summed E-state index contributed by atoms with van der Waals surface area (Å²) in [5.74, 6) is -2.66. The zero-order chi connectivity index (χ0) is 26.9. The van der Waals surface area contributed by atoms with Crippen LogP contribution in [0.15, 0.2) is 65.5 Å². The number of nitrogens with zero attached hydrogens (tertiary/aromatic N) is 1. The number of pyridine rings is 1. The van der Waals surface area contributed by atoms with Crippen molar-refractivity contribution in [1.82, 2.24) is 4.57 Å². The molecule has 37 heavy (non-hydrogen) atoms. The highest BCUT2D eigenvalue weighted by Gasteiger charge is 2.30. The number of aryl methyl sites for hydroxylation is 1. The first-order valence-electron chi connectivity index (χ1n) is 11.3. The summed E-state index contributed by atoms with van der Waals surface area (Å²) in [5, 5.41) is 23.1. The molecule has 4 aromatic rings. The number of ether oxygens (including phenoxy) is 2. The van der Waals surface area contributed by atoms with Crippen LogP contribution in [0.3, 0.4) is 0 Å². The summed E-state index contributed by atoms with van der Waals surface area (Å²) in [6.07, 6.45) is -0.368. The van der Waals surface area contributed by atoms with Crippen molar-refractivity contribution < 1.29 is 29.3 Å². The van der Waals surface area contributed by atoms with E-state index in [9.17, 15) is 24.6 Å². The van der Waals surface area contributed by atoms with Crippen molar-refractivity contribution in [2.24, 2.45) is 7.05 Å².